The fourth-order valence-electron chi connectivity index (χ4n) is 3.58. The molecule has 1 aromatic heterocycles. The molecule has 0 unspecified atom stereocenters. The molecule has 0 aliphatic carbocycles. The van der Waals surface area contributed by atoms with E-state index in [9.17, 15) is 4.79 Å². The van der Waals surface area contributed by atoms with Gasteiger partial charge in [-0.2, -0.15) is 4.98 Å². The van der Waals surface area contributed by atoms with Crippen molar-refractivity contribution < 1.29 is 9.53 Å². The van der Waals surface area contributed by atoms with Gasteiger partial charge in [-0.25, -0.2) is 9.97 Å². The van der Waals surface area contributed by atoms with E-state index in [2.05, 4.69) is 30.5 Å². The molecule has 0 radical (unpaired) electrons. The fourth-order valence-corrected chi connectivity index (χ4v) is 3.58. The van der Waals surface area contributed by atoms with Crippen LogP contribution in [0.5, 0.6) is 5.75 Å². The molecular weight excluding hydrogens is 392 g/mol. The van der Waals surface area contributed by atoms with Crippen molar-refractivity contribution >= 4 is 29.2 Å². The van der Waals surface area contributed by atoms with Gasteiger partial charge in [-0.15, -0.1) is 0 Å². The third-order valence-corrected chi connectivity index (χ3v) is 5.22. The van der Waals surface area contributed by atoms with Gasteiger partial charge in [0.1, 0.15) is 18.2 Å². The first-order valence-corrected chi connectivity index (χ1v) is 10.4. The van der Waals surface area contributed by atoms with Crippen LogP contribution in [0.15, 0.2) is 54.9 Å². The van der Waals surface area contributed by atoms with Crippen LogP contribution in [-0.4, -0.2) is 40.1 Å². The van der Waals surface area contributed by atoms with Gasteiger partial charge in [-0.3, -0.25) is 4.79 Å². The predicted octanol–water partition coefficient (Wildman–Crippen LogP) is 3.93. The smallest absolute Gasteiger partial charge is 0.232 e. The van der Waals surface area contributed by atoms with Gasteiger partial charge < -0.3 is 20.3 Å². The summed E-state index contributed by atoms with van der Waals surface area (Å²) in [6, 6.07) is 15.6. The first kappa shape index (κ1) is 20.6. The maximum atomic E-state index is 11.4. The lowest BCUT2D eigenvalue weighted by atomic mass is 10.1. The van der Waals surface area contributed by atoms with Crippen LogP contribution in [0.1, 0.15) is 25.3 Å². The summed E-state index contributed by atoms with van der Waals surface area (Å²) in [5, 5.41) is 6.07. The lowest BCUT2D eigenvalue weighted by Crippen LogP contribution is -2.39. The number of carbonyl (C=O) groups excluding carboxylic acids is 1. The first-order valence-electron chi connectivity index (χ1n) is 10.4. The quantitative estimate of drug-likeness (QED) is 0.627. The highest BCUT2D eigenvalue weighted by molar-refractivity contribution is 5.90. The number of nitrogens with one attached hydrogen (secondary N) is 2. The molecule has 1 aliphatic heterocycles. The van der Waals surface area contributed by atoms with Gasteiger partial charge in [0.15, 0.2) is 0 Å². The monoisotopic (exact) mass is 418 g/mol. The second kappa shape index (κ2) is 9.42. The molecule has 0 spiro atoms. The zero-order valence-corrected chi connectivity index (χ0v) is 17.7. The number of hydrogen-bond acceptors (Lipinski definition) is 7. The van der Waals surface area contributed by atoms with Crippen LogP contribution in [0.2, 0.25) is 0 Å². The highest BCUT2D eigenvalue weighted by Crippen LogP contribution is 2.26. The molecular formula is C23H26N6O2. The van der Waals surface area contributed by atoms with E-state index in [1.807, 2.05) is 55.5 Å². The number of rotatable bonds is 6. The molecule has 1 aliphatic rings. The largest absolute Gasteiger partial charge is 0.490 e. The Morgan fingerprint density at radius 3 is 2.52 bits per heavy atom. The Hall–Kier alpha value is -3.68. The lowest BCUT2D eigenvalue weighted by molar-refractivity contribution is -0.114. The highest BCUT2D eigenvalue weighted by Gasteiger charge is 2.22. The SMILES string of the molecule is CC(=O)Nc1cccc(Nc2ncnc(N3CCC(Oc4ccccc4)CC3)n2)c1C. The number of aromatic nitrogens is 3. The number of benzene rings is 2. The maximum Gasteiger partial charge on any atom is 0.232 e. The number of piperidine rings is 1. The average molecular weight is 419 g/mol. The van der Waals surface area contributed by atoms with Crippen LogP contribution in [0, 0.1) is 6.92 Å². The van der Waals surface area contributed by atoms with Crippen molar-refractivity contribution in [3.63, 3.8) is 0 Å². The Bertz CT molecular complexity index is 1040. The van der Waals surface area contributed by atoms with E-state index in [1.165, 1.54) is 13.3 Å². The first-order chi connectivity index (χ1) is 15.1. The summed E-state index contributed by atoms with van der Waals surface area (Å²) in [6.45, 7) is 5.06. The Morgan fingerprint density at radius 2 is 1.77 bits per heavy atom. The highest BCUT2D eigenvalue weighted by atomic mass is 16.5. The van der Waals surface area contributed by atoms with Gasteiger partial charge in [-0.05, 0) is 36.8 Å². The van der Waals surface area contributed by atoms with E-state index in [0.717, 1.165) is 48.6 Å². The molecule has 0 atom stereocenters. The molecule has 4 rings (SSSR count). The van der Waals surface area contributed by atoms with Gasteiger partial charge in [0.2, 0.25) is 17.8 Å². The Labute approximate surface area is 181 Å². The minimum Gasteiger partial charge on any atom is -0.490 e. The summed E-state index contributed by atoms with van der Waals surface area (Å²) in [7, 11) is 0. The second-order valence-electron chi connectivity index (χ2n) is 7.51. The fraction of sp³-hybridized carbons (Fsp3) is 0.304. The van der Waals surface area contributed by atoms with Crippen molar-refractivity contribution in [3.8, 4) is 5.75 Å². The summed E-state index contributed by atoms with van der Waals surface area (Å²) >= 11 is 0. The van der Waals surface area contributed by atoms with Gasteiger partial charge in [-0.1, -0.05) is 24.3 Å². The van der Waals surface area contributed by atoms with Crippen LogP contribution in [0.25, 0.3) is 0 Å². The third kappa shape index (κ3) is 5.28. The van der Waals surface area contributed by atoms with Crippen molar-refractivity contribution in [3.05, 3.63) is 60.4 Å². The van der Waals surface area contributed by atoms with E-state index < -0.39 is 0 Å². The van der Waals surface area contributed by atoms with Crippen LogP contribution in [0.4, 0.5) is 23.3 Å². The molecule has 0 saturated carbocycles. The molecule has 31 heavy (non-hydrogen) atoms. The molecule has 1 fully saturated rings. The predicted molar refractivity (Wildman–Crippen MR) is 121 cm³/mol. The summed E-state index contributed by atoms with van der Waals surface area (Å²) in [6.07, 6.45) is 3.52. The van der Waals surface area contributed by atoms with Gasteiger partial charge >= 0.3 is 0 Å². The van der Waals surface area contributed by atoms with Crippen LogP contribution >= 0.6 is 0 Å². The zero-order valence-electron chi connectivity index (χ0n) is 17.7. The summed E-state index contributed by atoms with van der Waals surface area (Å²) in [5.41, 5.74) is 2.50. The second-order valence-corrected chi connectivity index (χ2v) is 7.51. The number of anilines is 4. The molecule has 8 nitrogen and oxygen atoms in total. The van der Waals surface area contributed by atoms with Crippen molar-refractivity contribution in [2.45, 2.75) is 32.8 Å². The number of hydrogen-bond donors (Lipinski definition) is 2. The topological polar surface area (TPSA) is 92.3 Å². The van der Waals surface area contributed by atoms with E-state index in [-0.39, 0.29) is 12.0 Å². The van der Waals surface area contributed by atoms with Crippen molar-refractivity contribution in [2.75, 3.05) is 28.6 Å². The Morgan fingerprint density at radius 1 is 1.03 bits per heavy atom. The van der Waals surface area contributed by atoms with Crippen molar-refractivity contribution in [1.29, 1.82) is 0 Å². The Balaban J connectivity index is 1.40. The van der Waals surface area contributed by atoms with Crippen LogP contribution in [-0.2, 0) is 4.79 Å². The standard InChI is InChI=1S/C23H26N6O2/c1-16-20(26-17(2)30)9-6-10-21(16)27-22-24-15-25-23(28-22)29-13-11-19(12-14-29)31-18-7-4-3-5-8-18/h3-10,15,19H,11-14H2,1-2H3,(H,26,30)(H,24,25,27,28). The molecule has 2 aromatic carbocycles. The summed E-state index contributed by atoms with van der Waals surface area (Å²) < 4.78 is 6.07. The van der Waals surface area contributed by atoms with Crippen molar-refractivity contribution in [2.24, 2.45) is 0 Å². The molecule has 2 heterocycles. The lowest BCUT2D eigenvalue weighted by Gasteiger charge is -2.32. The molecule has 160 valence electrons. The molecule has 1 saturated heterocycles. The third-order valence-electron chi connectivity index (χ3n) is 5.22. The van der Waals surface area contributed by atoms with Gasteiger partial charge in [0.05, 0.1) is 0 Å². The number of carbonyl (C=O) groups is 1. The van der Waals surface area contributed by atoms with E-state index in [4.69, 9.17) is 4.74 Å². The number of ether oxygens (including phenoxy) is 1. The minimum atomic E-state index is -0.109. The van der Waals surface area contributed by atoms with Gasteiger partial charge in [0, 0.05) is 44.2 Å². The molecule has 1 amide bonds. The minimum absolute atomic E-state index is 0.109. The summed E-state index contributed by atoms with van der Waals surface area (Å²) in [5.74, 6) is 1.91. The number of nitrogens with zero attached hydrogens (tertiary/aromatic N) is 4. The normalized spacial score (nSPS) is 14.2. The molecule has 3 aromatic rings. The molecule has 2 N–H and O–H groups in total. The van der Waals surface area contributed by atoms with Gasteiger partial charge in [0.25, 0.3) is 0 Å². The van der Waals surface area contributed by atoms with E-state index in [0.29, 0.717) is 11.9 Å². The van der Waals surface area contributed by atoms with Crippen LogP contribution < -0.4 is 20.3 Å². The Kier molecular flexibility index (Phi) is 6.26. The molecule has 0 bridgehead atoms. The maximum absolute atomic E-state index is 11.4. The van der Waals surface area contributed by atoms with E-state index >= 15 is 0 Å². The number of para-hydroxylation sites is 1. The van der Waals surface area contributed by atoms with E-state index in [1.54, 1.807) is 0 Å². The zero-order chi connectivity index (χ0) is 21.6. The molecule has 8 heteroatoms. The summed E-state index contributed by atoms with van der Waals surface area (Å²) in [4.78, 5) is 26.8. The van der Waals surface area contributed by atoms with Crippen molar-refractivity contribution in [1.82, 2.24) is 15.0 Å². The number of amides is 1. The van der Waals surface area contributed by atoms with Crippen LogP contribution in [0.3, 0.4) is 0 Å². The average Bonchev–Trinajstić information content (AvgIpc) is 2.78.